The third-order valence-corrected chi connectivity index (χ3v) is 5.36. The number of nitrogens with two attached hydrogens (primary N) is 1. The lowest BCUT2D eigenvalue weighted by Crippen LogP contribution is -2.11. The van der Waals surface area contributed by atoms with Crippen molar-refractivity contribution in [2.75, 3.05) is 16.8 Å². The molecule has 0 unspecified atom stereocenters. The van der Waals surface area contributed by atoms with Gasteiger partial charge < -0.3 is 15.6 Å². The van der Waals surface area contributed by atoms with Gasteiger partial charge in [0.25, 0.3) is 10.1 Å². The Morgan fingerprint density at radius 2 is 2.12 bits per heavy atom. The maximum Gasteiger partial charge on any atom is 0.264 e. The lowest BCUT2D eigenvalue weighted by atomic mass is 10.1. The molecule has 0 spiro atoms. The summed E-state index contributed by atoms with van der Waals surface area (Å²) in [6, 6.07) is 0.457. The SMILES string of the molecule is Nc1nc(NC2CC2)c2ncn([C@@H]3C=C[C@@H](CCS(=O)(=O)O)C3)c2n1. The maximum absolute atomic E-state index is 10.9. The van der Waals surface area contributed by atoms with Gasteiger partial charge in [0.1, 0.15) is 0 Å². The number of imidazole rings is 1. The van der Waals surface area contributed by atoms with Crippen LogP contribution < -0.4 is 11.1 Å². The van der Waals surface area contributed by atoms with Gasteiger partial charge >= 0.3 is 0 Å². The Bertz CT molecular complexity index is 934. The summed E-state index contributed by atoms with van der Waals surface area (Å²) in [6.07, 6.45) is 9.08. The van der Waals surface area contributed by atoms with Gasteiger partial charge in [-0.05, 0) is 31.6 Å². The quantitative estimate of drug-likeness (QED) is 0.516. The molecule has 2 atom stereocenters. The molecule has 2 aliphatic carbocycles. The summed E-state index contributed by atoms with van der Waals surface area (Å²) in [5, 5.41) is 3.33. The predicted octanol–water partition coefficient (Wildman–Crippen LogP) is 1.38. The molecule has 10 heteroatoms. The summed E-state index contributed by atoms with van der Waals surface area (Å²) in [5.41, 5.74) is 7.21. The van der Waals surface area contributed by atoms with Crippen molar-refractivity contribution >= 4 is 33.0 Å². The Kier molecular flexibility index (Phi) is 3.88. The van der Waals surface area contributed by atoms with Gasteiger partial charge in [-0.3, -0.25) is 4.55 Å². The van der Waals surface area contributed by atoms with Crippen molar-refractivity contribution in [1.29, 1.82) is 0 Å². The fourth-order valence-electron chi connectivity index (χ4n) is 3.17. The molecular formula is C15H20N6O3S. The number of anilines is 2. The average Bonchev–Trinajstić information content (AvgIpc) is 3.06. The number of nitrogens with one attached hydrogen (secondary N) is 1. The molecule has 0 saturated heterocycles. The van der Waals surface area contributed by atoms with E-state index in [1.807, 2.05) is 16.7 Å². The summed E-state index contributed by atoms with van der Waals surface area (Å²) >= 11 is 0. The Morgan fingerprint density at radius 3 is 2.84 bits per heavy atom. The molecule has 2 heterocycles. The Labute approximate surface area is 145 Å². The second kappa shape index (κ2) is 5.95. The predicted molar refractivity (Wildman–Crippen MR) is 93.7 cm³/mol. The van der Waals surface area contributed by atoms with E-state index in [1.165, 1.54) is 0 Å². The first-order valence-electron chi connectivity index (χ1n) is 8.29. The van der Waals surface area contributed by atoms with Crippen molar-refractivity contribution < 1.29 is 13.0 Å². The van der Waals surface area contributed by atoms with Gasteiger partial charge in [0, 0.05) is 6.04 Å². The van der Waals surface area contributed by atoms with Gasteiger partial charge in [-0.1, -0.05) is 12.2 Å². The van der Waals surface area contributed by atoms with Gasteiger partial charge in [-0.2, -0.15) is 18.4 Å². The average molecular weight is 364 g/mol. The molecule has 134 valence electrons. The number of allylic oxidation sites excluding steroid dienone is 2. The fourth-order valence-corrected chi connectivity index (χ4v) is 3.77. The van der Waals surface area contributed by atoms with Crippen LogP contribution in [-0.4, -0.2) is 44.3 Å². The molecule has 4 N–H and O–H groups in total. The number of aromatic nitrogens is 4. The summed E-state index contributed by atoms with van der Waals surface area (Å²) < 4.78 is 32.7. The van der Waals surface area contributed by atoms with E-state index in [-0.39, 0.29) is 23.7 Å². The largest absolute Gasteiger partial charge is 0.368 e. The Morgan fingerprint density at radius 1 is 1.32 bits per heavy atom. The van der Waals surface area contributed by atoms with Crippen molar-refractivity contribution in [3.05, 3.63) is 18.5 Å². The number of rotatable bonds is 6. The number of hydrogen-bond acceptors (Lipinski definition) is 7. The number of nitrogen functional groups attached to an aromatic ring is 1. The highest BCUT2D eigenvalue weighted by molar-refractivity contribution is 7.85. The summed E-state index contributed by atoms with van der Waals surface area (Å²) in [7, 11) is -3.93. The van der Waals surface area contributed by atoms with Gasteiger partial charge in [0.2, 0.25) is 5.95 Å². The van der Waals surface area contributed by atoms with Crippen molar-refractivity contribution in [2.45, 2.75) is 37.8 Å². The molecule has 9 nitrogen and oxygen atoms in total. The zero-order valence-electron chi connectivity index (χ0n) is 13.5. The highest BCUT2D eigenvalue weighted by atomic mass is 32.2. The minimum Gasteiger partial charge on any atom is -0.368 e. The Hall–Kier alpha value is -2.20. The smallest absolute Gasteiger partial charge is 0.264 e. The van der Waals surface area contributed by atoms with Crippen LogP contribution in [0.25, 0.3) is 11.2 Å². The van der Waals surface area contributed by atoms with E-state index in [4.69, 9.17) is 10.3 Å². The van der Waals surface area contributed by atoms with Crippen molar-refractivity contribution in [3.8, 4) is 0 Å². The molecule has 4 rings (SSSR count). The zero-order valence-corrected chi connectivity index (χ0v) is 14.4. The lowest BCUT2D eigenvalue weighted by molar-refractivity contribution is 0.463. The molecule has 2 aromatic heterocycles. The van der Waals surface area contributed by atoms with Gasteiger partial charge in [0.05, 0.1) is 18.1 Å². The molecule has 25 heavy (non-hydrogen) atoms. The summed E-state index contributed by atoms with van der Waals surface area (Å²) in [5.74, 6) is 0.716. The molecule has 2 aliphatic rings. The first kappa shape index (κ1) is 16.3. The molecular weight excluding hydrogens is 344 g/mol. The topological polar surface area (TPSA) is 136 Å². The number of fused-ring (bicyclic) bond motifs is 1. The van der Waals surface area contributed by atoms with Crippen LogP contribution in [0.4, 0.5) is 11.8 Å². The standard InChI is InChI=1S/C15H20N6O3S/c16-15-19-13(18-10-2-3-10)12-14(20-15)21(8-17-12)11-4-1-9(7-11)5-6-25(22,23)24/h1,4,8-11H,2-3,5-7H2,(H,22,23,24)(H3,16,18,19,20)/t9-,11+/m0/s1. The van der Waals surface area contributed by atoms with Crippen molar-refractivity contribution in [1.82, 2.24) is 19.5 Å². The van der Waals surface area contributed by atoms with Crippen LogP contribution in [0, 0.1) is 5.92 Å². The molecule has 0 aromatic carbocycles. The van der Waals surface area contributed by atoms with Crippen LogP contribution >= 0.6 is 0 Å². The van der Waals surface area contributed by atoms with E-state index in [1.54, 1.807) is 6.33 Å². The van der Waals surface area contributed by atoms with E-state index < -0.39 is 10.1 Å². The van der Waals surface area contributed by atoms with Crippen molar-refractivity contribution in [2.24, 2.45) is 5.92 Å². The molecule has 0 bridgehead atoms. The molecule has 0 radical (unpaired) electrons. The maximum atomic E-state index is 10.9. The van der Waals surface area contributed by atoms with E-state index in [2.05, 4.69) is 20.3 Å². The lowest BCUT2D eigenvalue weighted by Gasteiger charge is -2.14. The molecule has 1 saturated carbocycles. The Balaban J connectivity index is 1.56. The van der Waals surface area contributed by atoms with Crippen LogP contribution in [0.3, 0.4) is 0 Å². The monoisotopic (exact) mass is 364 g/mol. The molecule has 0 aliphatic heterocycles. The minimum absolute atomic E-state index is 0.0273. The number of nitrogens with zero attached hydrogens (tertiary/aromatic N) is 4. The van der Waals surface area contributed by atoms with E-state index in [0.717, 1.165) is 19.3 Å². The molecule has 1 fully saturated rings. The van der Waals surface area contributed by atoms with E-state index in [0.29, 0.717) is 29.4 Å². The summed E-state index contributed by atoms with van der Waals surface area (Å²) in [4.78, 5) is 13.0. The van der Waals surface area contributed by atoms with Crippen LogP contribution in [0.5, 0.6) is 0 Å². The van der Waals surface area contributed by atoms with Crippen LogP contribution in [0.2, 0.25) is 0 Å². The normalized spacial score (nSPS) is 23.4. The van der Waals surface area contributed by atoms with Crippen molar-refractivity contribution in [3.63, 3.8) is 0 Å². The van der Waals surface area contributed by atoms with Gasteiger partial charge in [0.15, 0.2) is 17.0 Å². The molecule has 0 amide bonds. The van der Waals surface area contributed by atoms with E-state index >= 15 is 0 Å². The van der Waals surface area contributed by atoms with Crippen LogP contribution in [-0.2, 0) is 10.1 Å². The minimum atomic E-state index is -3.93. The van der Waals surface area contributed by atoms with E-state index in [9.17, 15) is 8.42 Å². The third-order valence-electron chi connectivity index (χ3n) is 4.61. The van der Waals surface area contributed by atoms with Crippen LogP contribution in [0.15, 0.2) is 18.5 Å². The highest BCUT2D eigenvalue weighted by Gasteiger charge is 2.26. The number of hydrogen-bond donors (Lipinski definition) is 3. The first-order valence-corrected chi connectivity index (χ1v) is 9.90. The van der Waals surface area contributed by atoms with Crippen LogP contribution in [0.1, 0.15) is 31.7 Å². The zero-order chi connectivity index (χ0) is 17.6. The fraction of sp³-hybridized carbons (Fsp3) is 0.533. The second-order valence-electron chi connectivity index (χ2n) is 6.70. The third kappa shape index (κ3) is 3.59. The highest BCUT2D eigenvalue weighted by Crippen LogP contribution is 2.34. The van der Waals surface area contributed by atoms with Gasteiger partial charge in [-0.25, -0.2) is 4.98 Å². The summed E-state index contributed by atoms with van der Waals surface area (Å²) in [6.45, 7) is 0. The second-order valence-corrected chi connectivity index (χ2v) is 8.27. The van der Waals surface area contributed by atoms with Gasteiger partial charge in [-0.15, -0.1) is 0 Å². The first-order chi connectivity index (χ1) is 11.9. The molecule has 2 aromatic rings.